The maximum absolute atomic E-state index is 12.9. The van der Waals surface area contributed by atoms with Crippen LogP contribution in [0.25, 0.3) is 0 Å². The third kappa shape index (κ3) is 2.33. The normalized spacial score (nSPS) is 35.6. The third-order valence-electron chi connectivity index (χ3n) is 6.46. The molecule has 1 saturated heterocycles. The molecule has 1 heterocycles. The quantitative estimate of drug-likeness (QED) is 0.418. The highest BCUT2D eigenvalue weighted by atomic mass is 79.9. The van der Waals surface area contributed by atoms with Gasteiger partial charge in [-0.15, -0.1) is 0 Å². The molecule has 4 aliphatic carbocycles. The van der Waals surface area contributed by atoms with Crippen molar-refractivity contribution in [2.45, 2.75) is 6.42 Å². The molecule has 0 N–H and O–H groups in total. The largest absolute Gasteiger partial charge is 0.496 e. The first kappa shape index (κ1) is 17.0. The van der Waals surface area contributed by atoms with Crippen LogP contribution in [-0.2, 0) is 9.59 Å². The molecule has 0 spiro atoms. The van der Waals surface area contributed by atoms with Crippen LogP contribution in [0.4, 0.5) is 0 Å². The number of rotatable bonds is 4. The summed E-state index contributed by atoms with van der Waals surface area (Å²) < 4.78 is 11.4. The molecule has 1 aromatic carbocycles. The van der Waals surface area contributed by atoms with E-state index in [4.69, 9.17) is 9.47 Å². The Kier molecular flexibility index (Phi) is 3.73. The molecule has 0 aromatic heterocycles. The van der Waals surface area contributed by atoms with E-state index in [0.29, 0.717) is 28.9 Å². The number of amides is 2. The molecule has 140 valence electrons. The minimum absolute atomic E-state index is 0.169. The second-order valence-electron chi connectivity index (χ2n) is 7.62. The summed E-state index contributed by atoms with van der Waals surface area (Å²) in [4.78, 5) is 25.9. The van der Waals surface area contributed by atoms with Gasteiger partial charge in [-0.1, -0.05) is 12.2 Å². The van der Waals surface area contributed by atoms with Crippen LogP contribution < -0.4 is 9.47 Å². The smallest absolute Gasteiger partial charge is 0.254 e. The Balaban J connectivity index is 1.45. The van der Waals surface area contributed by atoms with Crippen LogP contribution >= 0.6 is 15.9 Å². The van der Waals surface area contributed by atoms with Crippen LogP contribution in [0.15, 0.2) is 33.9 Å². The number of carbonyl (C=O) groups excluding carboxylic acids is 2. The highest BCUT2D eigenvalue weighted by molar-refractivity contribution is 9.10. The van der Waals surface area contributed by atoms with Gasteiger partial charge in [0.15, 0.2) is 0 Å². The van der Waals surface area contributed by atoms with Gasteiger partial charge >= 0.3 is 0 Å². The Bertz CT molecular complexity index is 875. The van der Waals surface area contributed by atoms with Crippen molar-refractivity contribution in [3.8, 4) is 11.5 Å². The van der Waals surface area contributed by atoms with E-state index in [1.807, 2.05) is 0 Å². The van der Waals surface area contributed by atoms with Gasteiger partial charge in [-0.25, -0.2) is 0 Å². The van der Waals surface area contributed by atoms with Gasteiger partial charge < -0.3 is 9.47 Å². The number of nitrogens with zero attached hydrogens (tertiary/aromatic N) is 2. The molecule has 1 aromatic rings. The Morgan fingerprint density at radius 1 is 1.04 bits per heavy atom. The van der Waals surface area contributed by atoms with E-state index in [2.05, 4.69) is 33.2 Å². The first-order valence-corrected chi connectivity index (χ1v) is 9.86. The Morgan fingerprint density at radius 3 is 2.19 bits per heavy atom. The number of methoxy groups -OCH3 is 2. The summed E-state index contributed by atoms with van der Waals surface area (Å²) in [6.07, 6.45) is 6.96. The number of halogens is 1. The number of hydrazone groups is 1. The lowest BCUT2D eigenvalue weighted by Crippen LogP contribution is -2.40. The molecule has 0 unspecified atom stereocenters. The fraction of sp³-hybridized carbons (Fsp3) is 0.450. The maximum atomic E-state index is 12.9. The van der Waals surface area contributed by atoms with Crippen LogP contribution in [0.2, 0.25) is 0 Å². The van der Waals surface area contributed by atoms with Crippen molar-refractivity contribution in [2.75, 3.05) is 14.2 Å². The number of hydrogen-bond donors (Lipinski definition) is 0. The Morgan fingerprint density at radius 2 is 1.63 bits per heavy atom. The fourth-order valence-corrected chi connectivity index (χ4v) is 5.68. The molecule has 3 fully saturated rings. The lowest BCUT2D eigenvalue weighted by Gasteiger charge is -2.37. The molecule has 5 aliphatic rings. The molecule has 2 amide bonds. The zero-order chi connectivity index (χ0) is 18.9. The van der Waals surface area contributed by atoms with Crippen molar-refractivity contribution in [1.29, 1.82) is 0 Å². The number of benzene rings is 1. The Hall–Kier alpha value is -2.15. The molecule has 2 bridgehead atoms. The maximum Gasteiger partial charge on any atom is 0.254 e. The number of imide groups is 1. The van der Waals surface area contributed by atoms with Gasteiger partial charge in [-0.3, -0.25) is 9.59 Å². The molecule has 7 heteroatoms. The van der Waals surface area contributed by atoms with Crippen molar-refractivity contribution in [3.63, 3.8) is 0 Å². The van der Waals surface area contributed by atoms with Gasteiger partial charge in [-0.05, 0) is 52.1 Å². The summed E-state index contributed by atoms with van der Waals surface area (Å²) >= 11 is 3.44. The van der Waals surface area contributed by atoms with Gasteiger partial charge in [0.2, 0.25) is 0 Å². The lowest BCUT2D eigenvalue weighted by molar-refractivity contribution is -0.140. The monoisotopic (exact) mass is 430 g/mol. The van der Waals surface area contributed by atoms with Crippen LogP contribution in [0, 0.1) is 35.5 Å². The second-order valence-corrected chi connectivity index (χ2v) is 8.47. The van der Waals surface area contributed by atoms with E-state index in [-0.39, 0.29) is 35.5 Å². The average Bonchev–Trinajstić information content (AvgIpc) is 3.45. The van der Waals surface area contributed by atoms with Crippen molar-refractivity contribution in [3.05, 3.63) is 34.3 Å². The van der Waals surface area contributed by atoms with Crippen molar-refractivity contribution >= 4 is 34.0 Å². The lowest BCUT2D eigenvalue weighted by atomic mass is 9.63. The molecule has 2 saturated carbocycles. The minimum Gasteiger partial charge on any atom is -0.496 e. The van der Waals surface area contributed by atoms with Crippen LogP contribution in [-0.4, -0.2) is 37.3 Å². The molecule has 1 aliphatic heterocycles. The highest BCUT2D eigenvalue weighted by Gasteiger charge is 2.67. The van der Waals surface area contributed by atoms with Crippen molar-refractivity contribution in [2.24, 2.45) is 40.6 Å². The topological polar surface area (TPSA) is 68.2 Å². The molecule has 6 rings (SSSR count). The van der Waals surface area contributed by atoms with E-state index < -0.39 is 0 Å². The molecule has 6 nitrogen and oxygen atoms in total. The van der Waals surface area contributed by atoms with E-state index >= 15 is 0 Å². The first-order valence-electron chi connectivity index (χ1n) is 9.06. The number of ether oxygens (including phenoxy) is 2. The van der Waals surface area contributed by atoms with Gasteiger partial charge in [0.05, 0.1) is 36.7 Å². The van der Waals surface area contributed by atoms with Crippen molar-refractivity contribution in [1.82, 2.24) is 5.01 Å². The fourth-order valence-electron chi connectivity index (χ4n) is 5.16. The predicted octanol–water partition coefficient (Wildman–Crippen LogP) is 2.85. The molecule has 6 atom stereocenters. The second kappa shape index (κ2) is 5.92. The number of hydrogen-bond acceptors (Lipinski definition) is 5. The summed E-state index contributed by atoms with van der Waals surface area (Å²) in [5, 5.41) is 5.34. The molecule has 0 radical (unpaired) electrons. The summed E-state index contributed by atoms with van der Waals surface area (Å²) in [6, 6.07) is 3.52. The van der Waals surface area contributed by atoms with Crippen LogP contribution in [0.1, 0.15) is 12.0 Å². The Labute approximate surface area is 165 Å². The van der Waals surface area contributed by atoms with E-state index in [1.54, 1.807) is 26.4 Å². The average molecular weight is 431 g/mol. The van der Waals surface area contributed by atoms with Gasteiger partial charge in [0.1, 0.15) is 11.5 Å². The van der Waals surface area contributed by atoms with E-state index in [1.165, 1.54) is 6.21 Å². The molecular formula is C20H19BrN2O4. The number of allylic oxidation sites excluding steroid dienone is 2. The van der Waals surface area contributed by atoms with Gasteiger partial charge in [-0.2, -0.15) is 10.1 Å². The summed E-state index contributed by atoms with van der Waals surface area (Å²) in [5.74, 6) is 1.94. The minimum atomic E-state index is -0.238. The summed E-state index contributed by atoms with van der Waals surface area (Å²) in [5.41, 5.74) is 0.657. The highest BCUT2D eigenvalue weighted by Crippen LogP contribution is 2.65. The third-order valence-corrected chi connectivity index (χ3v) is 7.08. The van der Waals surface area contributed by atoms with Crippen LogP contribution in [0.5, 0.6) is 11.5 Å². The number of carbonyl (C=O) groups is 2. The predicted molar refractivity (Wildman–Crippen MR) is 101 cm³/mol. The van der Waals surface area contributed by atoms with E-state index in [0.717, 1.165) is 15.9 Å². The zero-order valence-corrected chi connectivity index (χ0v) is 16.5. The molecular weight excluding hydrogens is 412 g/mol. The summed E-state index contributed by atoms with van der Waals surface area (Å²) in [6.45, 7) is 0. The standard InChI is InChI=1S/C20H19BrN2O4/c1-26-15-7-16(27-2)14(21)5-9(15)8-22-23-19(24)17-10-3-4-11(13-6-12(10)13)18(17)20(23)25/h3-5,7-8,10-13,17-18H,6H2,1-2H3/b22-8-/t10-,11-,12-,13-,17+,18+/m0/s1. The van der Waals surface area contributed by atoms with Gasteiger partial charge in [0, 0.05) is 11.6 Å². The molecule has 27 heavy (non-hydrogen) atoms. The van der Waals surface area contributed by atoms with Crippen molar-refractivity contribution < 1.29 is 19.1 Å². The van der Waals surface area contributed by atoms with Crippen LogP contribution in [0.3, 0.4) is 0 Å². The van der Waals surface area contributed by atoms with Gasteiger partial charge in [0.25, 0.3) is 11.8 Å². The first-order chi connectivity index (χ1) is 13.0. The summed E-state index contributed by atoms with van der Waals surface area (Å²) in [7, 11) is 3.12. The SMILES string of the molecule is COc1cc(OC)c(/C=N\N2C(=O)[C@@H]3[C@H]4C=C[C@@H]([C@@H]5C[C@@H]45)[C@H]3C2=O)cc1Br. The zero-order valence-electron chi connectivity index (χ0n) is 15.0. The van der Waals surface area contributed by atoms with E-state index in [9.17, 15) is 9.59 Å².